The number of hydrogen-bond donors (Lipinski definition) is 0. The molecule has 120 valence electrons. The highest BCUT2D eigenvalue weighted by Crippen LogP contribution is 2.10. The Bertz CT molecular complexity index is 482. The molecule has 0 radical (unpaired) electrons. The lowest BCUT2D eigenvalue weighted by atomic mass is 10.2. The predicted molar refractivity (Wildman–Crippen MR) is 84.6 cm³/mol. The zero-order valence-electron chi connectivity index (χ0n) is 13.2. The summed E-state index contributed by atoms with van der Waals surface area (Å²) in [4.78, 5) is 27.6. The number of benzene rings is 1. The average Bonchev–Trinajstić information content (AvgIpc) is 2.56. The summed E-state index contributed by atoms with van der Waals surface area (Å²) in [5.41, 5.74) is 0. The molecule has 5 heteroatoms. The Balaban J connectivity index is 1.68. The number of nitrogens with zero attached hydrogens (tertiary/aromatic N) is 2. The molecule has 0 N–H and O–H groups in total. The molecule has 0 spiro atoms. The van der Waals surface area contributed by atoms with Gasteiger partial charge in [0.05, 0.1) is 13.0 Å². The van der Waals surface area contributed by atoms with E-state index < -0.39 is 0 Å². The normalized spacial score (nSPS) is 14.8. The maximum atomic E-state index is 12.1. The third kappa shape index (κ3) is 4.76. The maximum Gasteiger partial charge on any atom is 0.226 e. The number of para-hydroxylation sites is 1. The number of amides is 2. The number of hydrogen-bond acceptors (Lipinski definition) is 3. The molecule has 0 saturated carbocycles. The predicted octanol–water partition coefficient (Wildman–Crippen LogP) is 1.93. The minimum Gasteiger partial charge on any atom is -0.493 e. The molecule has 1 aliphatic rings. The largest absolute Gasteiger partial charge is 0.493 e. The van der Waals surface area contributed by atoms with Gasteiger partial charge in [-0.05, 0) is 18.6 Å². The van der Waals surface area contributed by atoms with Crippen LogP contribution in [0.4, 0.5) is 0 Å². The van der Waals surface area contributed by atoms with Crippen LogP contribution < -0.4 is 4.74 Å². The molecule has 0 atom stereocenters. The lowest BCUT2D eigenvalue weighted by molar-refractivity contribution is -0.139. The standard InChI is InChI=1S/C17H24N2O3/c1-2-6-16(20)18-10-12-19(13-11-18)17(21)9-14-22-15-7-4-3-5-8-15/h3-5,7-8H,2,6,9-14H2,1H3. The van der Waals surface area contributed by atoms with Crippen LogP contribution in [0.2, 0.25) is 0 Å². The molecule has 0 aromatic heterocycles. The summed E-state index contributed by atoms with van der Waals surface area (Å²) in [6, 6.07) is 9.50. The summed E-state index contributed by atoms with van der Waals surface area (Å²) in [6.07, 6.45) is 1.84. The van der Waals surface area contributed by atoms with Gasteiger partial charge in [-0.2, -0.15) is 0 Å². The van der Waals surface area contributed by atoms with Gasteiger partial charge in [0, 0.05) is 32.6 Å². The average molecular weight is 304 g/mol. The molecule has 0 bridgehead atoms. The van der Waals surface area contributed by atoms with Crippen LogP contribution in [0.15, 0.2) is 30.3 Å². The Hall–Kier alpha value is -2.04. The van der Waals surface area contributed by atoms with E-state index in [9.17, 15) is 9.59 Å². The van der Waals surface area contributed by atoms with Crippen molar-refractivity contribution < 1.29 is 14.3 Å². The number of ether oxygens (including phenoxy) is 1. The van der Waals surface area contributed by atoms with Gasteiger partial charge in [-0.3, -0.25) is 9.59 Å². The fourth-order valence-electron chi connectivity index (χ4n) is 2.51. The second kappa shape index (κ2) is 8.41. The van der Waals surface area contributed by atoms with Crippen LogP contribution in [0.3, 0.4) is 0 Å². The van der Waals surface area contributed by atoms with Crippen molar-refractivity contribution in [3.63, 3.8) is 0 Å². The molecule has 1 aromatic carbocycles. The van der Waals surface area contributed by atoms with Crippen molar-refractivity contribution in [2.45, 2.75) is 26.2 Å². The number of carbonyl (C=O) groups is 2. The Morgan fingerprint density at radius 2 is 1.50 bits per heavy atom. The van der Waals surface area contributed by atoms with Gasteiger partial charge < -0.3 is 14.5 Å². The molecule has 1 aromatic rings. The van der Waals surface area contributed by atoms with Gasteiger partial charge in [0.15, 0.2) is 0 Å². The lowest BCUT2D eigenvalue weighted by Crippen LogP contribution is -2.50. The first-order valence-corrected chi connectivity index (χ1v) is 7.94. The van der Waals surface area contributed by atoms with E-state index >= 15 is 0 Å². The Kier molecular flexibility index (Phi) is 6.25. The molecule has 22 heavy (non-hydrogen) atoms. The van der Waals surface area contributed by atoms with Gasteiger partial charge in [-0.1, -0.05) is 25.1 Å². The highest BCUT2D eigenvalue weighted by molar-refractivity contribution is 5.78. The maximum absolute atomic E-state index is 12.1. The van der Waals surface area contributed by atoms with Gasteiger partial charge in [0.1, 0.15) is 5.75 Å². The molecule has 1 fully saturated rings. The quantitative estimate of drug-likeness (QED) is 0.807. The van der Waals surface area contributed by atoms with Crippen LogP contribution in [0.5, 0.6) is 5.75 Å². The van der Waals surface area contributed by atoms with Gasteiger partial charge in [0.2, 0.25) is 11.8 Å². The van der Waals surface area contributed by atoms with E-state index in [4.69, 9.17) is 4.74 Å². The summed E-state index contributed by atoms with van der Waals surface area (Å²) >= 11 is 0. The van der Waals surface area contributed by atoms with Gasteiger partial charge in [0.25, 0.3) is 0 Å². The van der Waals surface area contributed by atoms with Crippen molar-refractivity contribution >= 4 is 11.8 Å². The first-order valence-electron chi connectivity index (χ1n) is 7.94. The van der Waals surface area contributed by atoms with Crippen molar-refractivity contribution in [1.29, 1.82) is 0 Å². The summed E-state index contributed by atoms with van der Waals surface area (Å²) in [5.74, 6) is 1.07. The zero-order chi connectivity index (χ0) is 15.8. The molecule has 0 aliphatic carbocycles. The number of rotatable bonds is 6. The highest BCUT2D eigenvalue weighted by atomic mass is 16.5. The van der Waals surface area contributed by atoms with Crippen molar-refractivity contribution in [3.05, 3.63) is 30.3 Å². The SMILES string of the molecule is CCCC(=O)N1CCN(C(=O)CCOc2ccccc2)CC1. The van der Waals surface area contributed by atoms with Crippen LogP contribution in [0.1, 0.15) is 26.2 Å². The van der Waals surface area contributed by atoms with E-state index in [-0.39, 0.29) is 11.8 Å². The second-order valence-corrected chi connectivity index (χ2v) is 5.42. The monoisotopic (exact) mass is 304 g/mol. The molecule has 0 unspecified atom stereocenters. The Labute approximate surface area is 131 Å². The molecule has 1 saturated heterocycles. The second-order valence-electron chi connectivity index (χ2n) is 5.42. The smallest absolute Gasteiger partial charge is 0.226 e. The van der Waals surface area contributed by atoms with Crippen LogP contribution in [-0.4, -0.2) is 54.4 Å². The van der Waals surface area contributed by atoms with Crippen LogP contribution in [-0.2, 0) is 9.59 Å². The molecule has 1 heterocycles. The van der Waals surface area contributed by atoms with E-state index in [0.29, 0.717) is 45.6 Å². The molecular formula is C17H24N2O3. The summed E-state index contributed by atoms with van der Waals surface area (Å²) in [6.45, 7) is 4.93. The van der Waals surface area contributed by atoms with E-state index in [1.807, 2.05) is 47.1 Å². The van der Waals surface area contributed by atoms with Crippen LogP contribution >= 0.6 is 0 Å². The molecule has 2 rings (SSSR count). The van der Waals surface area contributed by atoms with Crippen LogP contribution in [0.25, 0.3) is 0 Å². The minimum absolute atomic E-state index is 0.0959. The minimum atomic E-state index is 0.0959. The molecular weight excluding hydrogens is 280 g/mol. The van der Waals surface area contributed by atoms with Crippen molar-refractivity contribution in [2.24, 2.45) is 0 Å². The number of piperazine rings is 1. The van der Waals surface area contributed by atoms with Crippen LogP contribution in [0, 0.1) is 0 Å². The summed E-state index contributed by atoms with van der Waals surface area (Å²) in [7, 11) is 0. The highest BCUT2D eigenvalue weighted by Gasteiger charge is 2.23. The number of carbonyl (C=O) groups excluding carboxylic acids is 2. The lowest BCUT2D eigenvalue weighted by Gasteiger charge is -2.34. The fourth-order valence-corrected chi connectivity index (χ4v) is 2.51. The molecule has 1 aliphatic heterocycles. The van der Waals surface area contributed by atoms with Crippen molar-refractivity contribution in [1.82, 2.24) is 9.80 Å². The zero-order valence-corrected chi connectivity index (χ0v) is 13.2. The van der Waals surface area contributed by atoms with Gasteiger partial charge >= 0.3 is 0 Å². The van der Waals surface area contributed by atoms with E-state index in [1.54, 1.807) is 0 Å². The van der Waals surface area contributed by atoms with Gasteiger partial charge in [-0.25, -0.2) is 0 Å². The summed E-state index contributed by atoms with van der Waals surface area (Å²) in [5, 5.41) is 0. The molecule has 5 nitrogen and oxygen atoms in total. The third-order valence-electron chi connectivity index (χ3n) is 3.78. The fraction of sp³-hybridized carbons (Fsp3) is 0.529. The third-order valence-corrected chi connectivity index (χ3v) is 3.78. The van der Waals surface area contributed by atoms with E-state index in [0.717, 1.165) is 12.2 Å². The van der Waals surface area contributed by atoms with Crippen molar-refractivity contribution in [2.75, 3.05) is 32.8 Å². The van der Waals surface area contributed by atoms with Crippen molar-refractivity contribution in [3.8, 4) is 5.75 Å². The van der Waals surface area contributed by atoms with E-state index in [2.05, 4.69) is 0 Å². The Morgan fingerprint density at radius 3 is 2.05 bits per heavy atom. The molecule has 2 amide bonds. The Morgan fingerprint density at radius 1 is 0.955 bits per heavy atom. The summed E-state index contributed by atoms with van der Waals surface area (Å²) < 4.78 is 5.55. The first kappa shape index (κ1) is 16.3. The topological polar surface area (TPSA) is 49.9 Å². The van der Waals surface area contributed by atoms with Gasteiger partial charge in [-0.15, -0.1) is 0 Å². The van der Waals surface area contributed by atoms with E-state index in [1.165, 1.54) is 0 Å². The first-order chi connectivity index (χ1) is 10.7.